The van der Waals surface area contributed by atoms with E-state index in [-0.39, 0.29) is 5.91 Å². The average molecular weight is 366 g/mol. The second-order valence-electron chi connectivity index (χ2n) is 5.75. The molecule has 0 bridgehead atoms. The number of nitrogens with zero attached hydrogens (tertiary/aromatic N) is 4. The van der Waals surface area contributed by atoms with E-state index in [0.717, 1.165) is 5.75 Å². The number of amides is 1. The molecular weight excluding hydrogens is 344 g/mol. The fourth-order valence-corrected chi connectivity index (χ4v) is 2.50. The van der Waals surface area contributed by atoms with Crippen LogP contribution in [0.1, 0.15) is 23.1 Å². The van der Waals surface area contributed by atoms with Gasteiger partial charge in [0.2, 0.25) is 0 Å². The fourth-order valence-electron chi connectivity index (χ4n) is 2.50. The largest absolute Gasteiger partial charge is 0.494 e. The highest BCUT2D eigenvalue weighted by Gasteiger charge is 2.06. The summed E-state index contributed by atoms with van der Waals surface area (Å²) < 4.78 is 7.05. The number of carbonyl (C=O) groups is 1. The molecule has 2 heterocycles. The standard InChI is InChI=1S/C19H22N6O2/c1-3-27-16-7-5-15(6-8-16)19(26)21-11-10-20-17-13-18(24-14(2)23-17)25-12-4-9-22-25/h4-9,12-13H,3,10-11H2,1-2H3,(H,21,26)(H,20,23,24). The molecule has 8 nitrogen and oxygen atoms in total. The number of aryl methyl sites for hydroxylation is 1. The molecule has 3 rings (SSSR count). The maximum atomic E-state index is 12.2. The maximum Gasteiger partial charge on any atom is 0.251 e. The maximum absolute atomic E-state index is 12.2. The number of aromatic nitrogens is 4. The summed E-state index contributed by atoms with van der Waals surface area (Å²) in [7, 11) is 0. The van der Waals surface area contributed by atoms with Gasteiger partial charge in [0, 0.05) is 37.1 Å². The molecule has 2 aromatic heterocycles. The van der Waals surface area contributed by atoms with Crippen LogP contribution in [0.25, 0.3) is 5.82 Å². The third kappa shape index (κ3) is 5.04. The molecule has 0 spiro atoms. The summed E-state index contributed by atoms with van der Waals surface area (Å²) in [5.41, 5.74) is 0.595. The molecule has 0 aliphatic carbocycles. The van der Waals surface area contributed by atoms with E-state index in [1.807, 2.05) is 32.2 Å². The number of anilines is 1. The molecule has 27 heavy (non-hydrogen) atoms. The Kier molecular flexibility index (Phi) is 5.98. The highest BCUT2D eigenvalue weighted by Crippen LogP contribution is 2.12. The summed E-state index contributed by atoms with van der Waals surface area (Å²) in [6, 6.07) is 10.7. The van der Waals surface area contributed by atoms with Gasteiger partial charge in [-0.3, -0.25) is 4.79 Å². The summed E-state index contributed by atoms with van der Waals surface area (Å²) in [4.78, 5) is 20.9. The van der Waals surface area contributed by atoms with Gasteiger partial charge >= 0.3 is 0 Å². The lowest BCUT2D eigenvalue weighted by molar-refractivity contribution is 0.0955. The third-order valence-electron chi connectivity index (χ3n) is 3.71. The van der Waals surface area contributed by atoms with Crippen molar-refractivity contribution in [3.05, 3.63) is 60.2 Å². The minimum Gasteiger partial charge on any atom is -0.494 e. The first-order valence-corrected chi connectivity index (χ1v) is 8.76. The minimum absolute atomic E-state index is 0.129. The zero-order valence-corrected chi connectivity index (χ0v) is 15.3. The van der Waals surface area contributed by atoms with Crippen LogP contribution in [0.4, 0.5) is 5.82 Å². The van der Waals surface area contributed by atoms with Gasteiger partial charge in [-0.1, -0.05) is 0 Å². The molecule has 0 saturated heterocycles. The molecule has 3 aromatic rings. The Hall–Kier alpha value is -3.42. The zero-order chi connectivity index (χ0) is 19.1. The SMILES string of the molecule is CCOc1ccc(C(=O)NCCNc2cc(-n3cccn3)nc(C)n2)cc1. The van der Waals surface area contributed by atoms with E-state index in [1.54, 1.807) is 35.1 Å². The topological polar surface area (TPSA) is 94.0 Å². The van der Waals surface area contributed by atoms with E-state index in [0.29, 0.717) is 42.7 Å². The van der Waals surface area contributed by atoms with Crippen molar-refractivity contribution in [2.24, 2.45) is 0 Å². The van der Waals surface area contributed by atoms with Gasteiger partial charge in [0.1, 0.15) is 17.4 Å². The second-order valence-corrected chi connectivity index (χ2v) is 5.75. The number of rotatable bonds is 8. The van der Waals surface area contributed by atoms with Crippen molar-refractivity contribution in [3.8, 4) is 11.6 Å². The molecular formula is C19H22N6O2. The molecule has 0 fully saturated rings. The van der Waals surface area contributed by atoms with E-state index in [2.05, 4.69) is 25.7 Å². The Labute approximate surface area is 157 Å². The van der Waals surface area contributed by atoms with Crippen molar-refractivity contribution in [1.82, 2.24) is 25.1 Å². The minimum atomic E-state index is -0.129. The highest BCUT2D eigenvalue weighted by atomic mass is 16.5. The van der Waals surface area contributed by atoms with Crippen LogP contribution in [0.15, 0.2) is 48.8 Å². The molecule has 1 aromatic carbocycles. The van der Waals surface area contributed by atoms with Gasteiger partial charge < -0.3 is 15.4 Å². The first-order valence-electron chi connectivity index (χ1n) is 8.76. The van der Waals surface area contributed by atoms with E-state index >= 15 is 0 Å². The smallest absolute Gasteiger partial charge is 0.251 e. The highest BCUT2D eigenvalue weighted by molar-refractivity contribution is 5.94. The molecule has 0 unspecified atom stereocenters. The molecule has 2 N–H and O–H groups in total. The van der Waals surface area contributed by atoms with Crippen molar-refractivity contribution in [2.45, 2.75) is 13.8 Å². The fraction of sp³-hybridized carbons (Fsp3) is 0.263. The van der Waals surface area contributed by atoms with Crippen LogP contribution in [0, 0.1) is 6.92 Å². The van der Waals surface area contributed by atoms with Crippen LogP contribution in [0.5, 0.6) is 5.75 Å². The van der Waals surface area contributed by atoms with Crippen molar-refractivity contribution < 1.29 is 9.53 Å². The number of benzene rings is 1. The molecule has 0 aliphatic heterocycles. The summed E-state index contributed by atoms with van der Waals surface area (Å²) in [6.07, 6.45) is 3.52. The van der Waals surface area contributed by atoms with Crippen molar-refractivity contribution in [1.29, 1.82) is 0 Å². The Morgan fingerprint density at radius 3 is 2.70 bits per heavy atom. The first kappa shape index (κ1) is 18.4. The van der Waals surface area contributed by atoms with Crippen molar-refractivity contribution in [3.63, 3.8) is 0 Å². The lowest BCUT2D eigenvalue weighted by Crippen LogP contribution is -2.28. The quantitative estimate of drug-likeness (QED) is 0.594. The van der Waals surface area contributed by atoms with Crippen LogP contribution in [0.2, 0.25) is 0 Å². The molecule has 0 radical (unpaired) electrons. The lowest BCUT2D eigenvalue weighted by atomic mass is 10.2. The summed E-state index contributed by atoms with van der Waals surface area (Å²) in [5, 5.41) is 10.2. The Morgan fingerprint density at radius 2 is 2.00 bits per heavy atom. The summed E-state index contributed by atoms with van der Waals surface area (Å²) >= 11 is 0. The van der Waals surface area contributed by atoms with Gasteiger partial charge in [0.15, 0.2) is 5.82 Å². The average Bonchev–Trinajstić information content (AvgIpc) is 3.20. The van der Waals surface area contributed by atoms with Gasteiger partial charge in [-0.2, -0.15) is 5.10 Å². The predicted octanol–water partition coefficient (Wildman–Crippen LogP) is 2.21. The molecule has 0 aliphatic rings. The number of hydrogen-bond acceptors (Lipinski definition) is 6. The number of ether oxygens (including phenoxy) is 1. The monoisotopic (exact) mass is 366 g/mol. The van der Waals surface area contributed by atoms with Crippen LogP contribution in [-0.2, 0) is 0 Å². The molecule has 0 atom stereocenters. The van der Waals surface area contributed by atoms with E-state index in [4.69, 9.17) is 4.74 Å². The Balaban J connectivity index is 1.50. The molecule has 1 amide bonds. The number of carbonyl (C=O) groups excluding carboxylic acids is 1. The predicted molar refractivity (Wildman–Crippen MR) is 102 cm³/mol. The third-order valence-corrected chi connectivity index (χ3v) is 3.71. The number of hydrogen-bond donors (Lipinski definition) is 2. The molecule has 140 valence electrons. The van der Waals surface area contributed by atoms with E-state index in [1.165, 1.54) is 0 Å². The number of nitrogens with one attached hydrogen (secondary N) is 2. The van der Waals surface area contributed by atoms with Crippen LogP contribution in [0.3, 0.4) is 0 Å². The van der Waals surface area contributed by atoms with Gasteiger partial charge in [-0.25, -0.2) is 14.6 Å². The normalized spacial score (nSPS) is 10.4. The molecule has 8 heteroatoms. The van der Waals surface area contributed by atoms with Crippen LogP contribution >= 0.6 is 0 Å². The Bertz CT molecular complexity index is 878. The van der Waals surface area contributed by atoms with E-state index < -0.39 is 0 Å². The van der Waals surface area contributed by atoms with Crippen LogP contribution in [-0.4, -0.2) is 45.4 Å². The van der Waals surface area contributed by atoms with Gasteiger partial charge in [-0.05, 0) is 44.2 Å². The van der Waals surface area contributed by atoms with Gasteiger partial charge in [0.25, 0.3) is 5.91 Å². The lowest BCUT2D eigenvalue weighted by Gasteiger charge is -2.10. The van der Waals surface area contributed by atoms with E-state index in [9.17, 15) is 4.79 Å². The van der Waals surface area contributed by atoms with Gasteiger partial charge in [-0.15, -0.1) is 0 Å². The summed E-state index contributed by atoms with van der Waals surface area (Å²) in [5.74, 6) is 2.64. The first-order chi connectivity index (χ1) is 13.2. The van der Waals surface area contributed by atoms with Gasteiger partial charge in [0.05, 0.1) is 6.61 Å². The summed E-state index contributed by atoms with van der Waals surface area (Å²) in [6.45, 7) is 5.35. The molecule has 0 saturated carbocycles. The Morgan fingerprint density at radius 1 is 1.19 bits per heavy atom. The van der Waals surface area contributed by atoms with Crippen molar-refractivity contribution in [2.75, 3.05) is 25.0 Å². The second kappa shape index (κ2) is 8.79. The zero-order valence-electron chi connectivity index (χ0n) is 15.3. The van der Waals surface area contributed by atoms with Crippen LogP contribution < -0.4 is 15.4 Å². The van der Waals surface area contributed by atoms with Crippen molar-refractivity contribution >= 4 is 11.7 Å².